The van der Waals surface area contributed by atoms with Crippen LogP contribution in [0.1, 0.15) is 12.6 Å². The molecule has 0 saturated heterocycles. The zero-order chi connectivity index (χ0) is 11.3. The Morgan fingerprint density at radius 3 is 2.93 bits per heavy atom. The molecule has 0 saturated carbocycles. The quantitative estimate of drug-likeness (QED) is 0.894. The molecule has 0 amide bonds. The van der Waals surface area contributed by atoms with E-state index in [-0.39, 0.29) is 0 Å². The Morgan fingerprint density at radius 1 is 1.60 bits per heavy atom. The summed E-state index contributed by atoms with van der Waals surface area (Å²) in [5.74, 6) is 1.15. The highest BCUT2D eigenvalue weighted by Crippen LogP contribution is 2.12. The first-order valence-electron chi connectivity index (χ1n) is 4.67. The molecule has 1 N–H and O–H groups in total. The molecule has 1 rings (SSSR count). The van der Waals surface area contributed by atoms with Crippen molar-refractivity contribution in [1.29, 1.82) is 0 Å². The number of ether oxygens (including phenoxy) is 1. The molecule has 0 fully saturated rings. The summed E-state index contributed by atoms with van der Waals surface area (Å²) in [6.45, 7) is 8.73. The van der Waals surface area contributed by atoms with Crippen LogP contribution in [0.4, 0.5) is 5.95 Å². The van der Waals surface area contributed by atoms with Gasteiger partial charge in [-0.05, 0) is 13.8 Å². The summed E-state index contributed by atoms with van der Waals surface area (Å²) in [5.41, 5.74) is 0.871. The molecule has 0 bridgehead atoms. The number of nitrogens with one attached hydrogen (secondary N) is 1. The summed E-state index contributed by atoms with van der Waals surface area (Å²) in [5, 5.41) is 3.04. The molecule has 5 heteroatoms. The van der Waals surface area contributed by atoms with Crippen molar-refractivity contribution in [2.24, 2.45) is 0 Å². The number of hydrogen-bond donors (Lipinski definition) is 1. The molecular weight excluding hydrogens is 258 g/mol. The van der Waals surface area contributed by atoms with Crippen LogP contribution in [-0.2, 0) is 0 Å². The van der Waals surface area contributed by atoms with Gasteiger partial charge in [-0.2, -0.15) is 4.98 Å². The topological polar surface area (TPSA) is 47.0 Å². The number of hydrogen-bond acceptors (Lipinski definition) is 4. The van der Waals surface area contributed by atoms with Crippen molar-refractivity contribution in [1.82, 2.24) is 9.97 Å². The van der Waals surface area contributed by atoms with E-state index in [2.05, 4.69) is 37.8 Å². The number of anilines is 1. The maximum Gasteiger partial charge on any atom is 0.226 e. The number of aryl methyl sites for hydroxylation is 1. The van der Waals surface area contributed by atoms with Gasteiger partial charge in [0.2, 0.25) is 11.8 Å². The monoisotopic (exact) mass is 271 g/mol. The van der Waals surface area contributed by atoms with E-state index in [4.69, 9.17) is 4.74 Å². The van der Waals surface area contributed by atoms with Crippen molar-refractivity contribution >= 4 is 21.9 Å². The Hall–Kier alpha value is -1.10. The average molecular weight is 272 g/mol. The minimum absolute atomic E-state index is 0.555. The van der Waals surface area contributed by atoms with Crippen LogP contribution in [0, 0.1) is 6.92 Å². The van der Waals surface area contributed by atoms with Gasteiger partial charge in [-0.25, -0.2) is 4.98 Å². The highest BCUT2D eigenvalue weighted by molar-refractivity contribution is 9.11. The largest absolute Gasteiger partial charge is 0.478 e. The minimum atomic E-state index is 0.555. The molecule has 1 aromatic rings. The molecule has 0 unspecified atom stereocenters. The van der Waals surface area contributed by atoms with E-state index in [1.807, 2.05) is 13.8 Å². The van der Waals surface area contributed by atoms with Gasteiger partial charge in [0.05, 0.1) is 6.61 Å². The summed E-state index contributed by atoms with van der Waals surface area (Å²) in [4.78, 5) is 8.41. The van der Waals surface area contributed by atoms with Gasteiger partial charge in [0, 0.05) is 22.8 Å². The Balaban J connectivity index is 2.74. The predicted molar refractivity (Wildman–Crippen MR) is 64.5 cm³/mol. The second-order valence-corrected chi connectivity index (χ2v) is 4.10. The standard InChI is InChI=1S/C10H14BrN3O/c1-4-15-9-5-8(3)13-10(14-9)12-6-7(2)11/h5H,2,4,6H2,1,3H3,(H,12,13,14). The number of halogens is 1. The first-order chi connectivity index (χ1) is 7.11. The molecule has 15 heavy (non-hydrogen) atoms. The molecule has 4 nitrogen and oxygen atoms in total. The van der Waals surface area contributed by atoms with Gasteiger partial charge in [-0.3, -0.25) is 0 Å². The van der Waals surface area contributed by atoms with Crippen LogP contribution in [0.5, 0.6) is 5.88 Å². The van der Waals surface area contributed by atoms with Crippen LogP contribution in [0.25, 0.3) is 0 Å². The highest BCUT2D eigenvalue weighted by Gasteiger charge is 2.02. The fraction of sp³-hybridized carbons (Fsp3) is 0.400. The lowest BCUT2D eigenvalue weighted by atomic mass is 10.4. The van der Waals surface area contributed by atoms with E-state index in [0.29, 0.717) is 25.0 Å². The normalized spacial score (nSPS) is 9.80. The van der Waals surface area contributed by atoms with Gasteiger partial charge in [-0.15, -0.1) is 0 Å². The van der Waals surface area contributed by atoms with Crippen LogP contribution in [0.15, 0.2) is 17.1 Å². The molecule has 0 radical (unpaired) electrons. The van der Waals surface area contributed by atoms with E-state index in [1.54, 1.807) is 6.07 Å². The molecule has 0 aromatic carbocycles. The van der Waals surface area contributed by atoms with E-state index in [9.17, 15) is 0 Å². The van der Waals surface area contributed by atoms with Crippen molar-refractivity contribution in [2.75, 3.05) is 18.5 Å². The fourth-order valence-corrected chi connectivity index (χ4v) is 1.16. The molecule has 1 aromatic heterocycles. The van der Waals surface area contributed by atoms with Crippen molar-refractivity contribution < 1.29 is 4.74 Å². The van der Waals surface area contributed by atoms with Gasteiger partial charge < -0.3 is 10.1 Å². The molecule has 1 heterocycles. The average Bonchev–Trinajstić information content (AvgIpc) is 2.14. The van der Waals surface area contributed by atoms with E-state index in [0.717, 1.165) is 10.2 Å². The molecule has 0 aliphatic carbocycles. The third kappa shape index (κ3) is 4.29. The first kappa shape index (κ1) is 12.0. The van der Waals surface area contributed by atoms with Gasteiger partial charge in [-0.1, -0.05) is 22.5 Å². The van der Waals surface area contributed by atoms with Crippen molar-refractivity contribution in [3.05, 3.63) is 22.8 Å². The fourth-order valence-electron chi connectivity index (χ4n) is 1.02. The summed E-state index contributed by atoms with van der Waals surface area (Å²) < 4.78 is 6.16. The Morgan fingerprint density at radius 2 is 2.33 bits per heavy atom. The lowest BCUT2D eigenvalue weighted by Gasteiger charge is -2.07. The summed E-state index contributed by atoms with van der Waals surface area (Å²) >= 11 is 3.26. The summed E-state index contributed by atoms with van der Waals surface area (Å²) in [7, 11) is 0. The SMILES string of the molecule is C=C(Br)CNc1nc(C)cc(OCC)n1. The Labute approximate surface area is 97.9 Å². The maximum absolute atomic E-state index is 5.31. The molecule has 82 valence electrons. The number of nitrogens with zero attached hydrogens (tertiary/aromatic N) is 2. The first-order valence-corrected chi connectivity index (χ1v) is 5.46. The van der Waals surface area contributed by atoms with Crippen LogP contribution in [0.2, 0.25) is 0 Å². The third-order valence-electron chi connectivity index (χ3n) is 1.56. The van der Waals surface area contributed by atoms with Gasteiger partial charge in [0.1, 0.15) is 0 Å². The van der Waals surface area contributed by atoms with E-state index in [1.165, 1.54) is 0 Å². The van der Waals surface area contributed by atoms with Crippen LogP contribution in [-0.4, -0.2) is 23.1 Å². The predicted octanol–water partition coefficient (Wildman–Crippen LogP) is 2.50. The van der Waals surface area contributed by atoms with Crippen molar-refractivity contribution in [2.45, 2.75) is 13.8 Å². The highest BCUT2D eigenvalue weighted by atomic mass is 79.9. The Kier molecular flexibility index (Phi) is 4.55. The summed E-state index contributed by atoms with van der Waals surface area (Å²) in [6, 6.07) is 1.80. The van der Waals surface area contributed by atoms with Crippen LogP contribution >= 0.6 is 15.9 Å². The lowest BCUT2D eigenvalue weighted by molar-refractivity contribution is 0.326. The molecule has 0 aliphatic heterocycles. The van der Waals surface area contributed by atoms with E-state index < -0.39 is 0 Å². The Bertz CT molecular complexity index is 355. The molecule has 0 atom stereocenters. The molecular formula is C10H14BrN3O. The molecule has 0 aliphatic rings. The van der Waals surface area contributed by atoms with Crippen molar-refractivity contribution in [3.8, 4) is 5.88 Å². The number of aromatic nitrogens is 2. The zero-order valence-electron chi connectivity index (χ0n) is 8.88. The zero-order valence-corrected chi connectivity index (χ0v) is 10.5. The van der Waals surface area contributed by atoms with Gasteiger partial charge in [0.15, 0.2) is 0 Å². The lowest BCUT2D eigenvalue weighted by Crippen LogP contribution is -2.07. The third-order valence-corrected chi connectivity index (χ3v) is 1.84. The van der Waals surface area contributed by atoms with Crippen LogP contribution < -0.4 is 10.1 Å². The summed E-state index contributed by atoms with van der Waals surface area (Å²) in [6.07, 6.45) is 0. The van der Waals surface area contributed by atoms with Crippen molar-refractivity contribution in [3.63, 3.8) is 0 Å². The van der Waals surface area contributed by atoms with Gasteiger partial charge in [0.25, 0.3) is 0 Å². The van der Waals surface area contributed by atoms with Crippen LogP contribution in [0.3, 0.4) is 0 Å². The second-order valence-electron chi connectivity index (χ2n) is 2.97. The van der Waals surface area contributed by atoms with Gasteiger partial charge >= 0.3 is 0 Å². The maximum atomic E-state index is 5.31. The smallest absolute Gasteiger partial charge is 0.226 e. The second kappa shape index (κ2) is 5.70. The molecule has 0 spiro atoms. The van der Waals surface area contributed by atoms with E-state index >= 15 is 0 Å². The minimum Gasteiger partial charge on any atom is -0.478 e. The number of rotatable bonds is 5.